The fourth-order valence-electron chi connectivity index (χ4n) is 0.545. The number of methoxy groups -OCH3 is 1. The molecular formula is C7H11NO5. The molecule has 0 aromatic heterocycles. The number of oxime groups is 1. The van der Waals surface area contributed by atoms with Crippen LogP contribution in [0.4, 0.5) is 0 Å². The molecule has 0 N–H and O–H groups in total. The smallest absolute Gasteiger partial charge is 0.368 e. The number of esters is 2. The van der Waals surface area contributed by atoms with Crippen LogP contribution in [-0.4, -0.2) is 38.5 Å². The molecule has 0 rings (SSSR count). The fourth-order valence-corrected chi connectivity index (χ4v) is 0.545. The number of nitrogens with zero attached hydrogens (tertiary/aromatic N) is 1. The number of rotatable bonds is 4. The van der Waals surface area contributed by atoms with E-state index in [1.54, 1.807) is 6.92 Å². The summed E-state index contributed by atoms with van der Waals surface area (Å²) in [5.41, 5.74) is -0.508. The van der Waals surface area contributed by atoms with Crippen molar-refractivity contribution >= 4 is 17.7 Å². The fraction of sp³-hybridized carbons (Fsp3) is 0.571. The predicted octanol–water partition coefficient (Wildman–Crippen LogP) is -0.275. The van der Waals surface area contributed by atoms with Crippen LogP contribution >= 0.6 is 0 Å². The average molecular weight is 189 g/mol. The van der Waals surface area contributed by atoms with Gasteiger partial charge >= 0.3 is 11.9 Å². The van der Waals surface area contributed by atoms with E-state index in [-0.39, 0.29) is 6.61 Å². The molecule has 0 amide bonds. The maximum atomic E-state index is 11.0. The monoisotopic (exact) mass is 189 g/mol. The lowest BCUT2D eigenvalue weighted by Crippen LogP contribution is -2.27. The third-order valence-corrected chi connectivity index (χ3v) is 1.03. The van der Waals surface area contributed by atoms with Crippen LogP contribution in [0.5, 0.6) is 0 Å². The highest BCUT2D eigenvalue weighted by molar-refractivity contribution is 6.62. The lowest BCUT2D eigenvalue weighted by atomic mass is 10.4. The topological polar surface area (TPSA) is 74.2 Å². The Morgan fingerprint density at radius 2 is 1.85 bits per heavy atom. The van der Waals surface area contributed by atoms with Crippen LogP contribution in [0.25, 0.3) is 0 Å². The summed E-state index contributed by atoms with van der Waals surface area (Å²) in [6, 6.07) is 0. The first kappa shape index (κ1) is 11.4. The Kier molecular flexibility index (Phi) is 5.25. The van der Waals surface area contributed by atoms with Gasteiger partial charge in [0.1, 0.15) is 7.11 Å². The lowest BCUT2D eigenvalue weighted by Gasteiger charge is -2.02. The van der Waals surface area contributed by atoms with Crippen molar-refractivity contribution in [3.8, 4) is 0 Å². The summed E-state index contributed by atoms with van der Waals surface area (Å²) in [4.78, 5) is 26.2. The van der Waals surface area contributed by atoms with Gasteiger partial charge in [-0.25, -0.2) is 9.59 Å². The van der Waals surface area contributed by atoms with Gasteiger partial charge in [-0.15, -0.1) is 0 Å². The van der Waals surface area contributed by atoms with Gasteiger partial charge in [-0.3, -0.25) is 0 Å². The second-order valence-corrected chi connectivity index (χ2v) is 1.83. The molecule has 0 bridgehead atoms. The summed E-state index contributed by atoms with van der Waals surface area (Å²) in [6.45, 7) is 1.76. The molecule has 74 valence electrons. The number of hydrogen-bond donors (Lipinski definition) is 0. The average Bonchev–Trinajstić information content (AvgIpc) is 2.13. The predicted molar refractivity (Wildman–Crippen MR) is 43.1 cm³/mol. The highest BCUT2D eigenvalue weighted by Crippen LogP contribution is 1.89. The number of carbonyl (C=O) groups excluding carboxylic acids is 2. The second kappa shape index (κ2) is 5.99. The summed E-state index contributed by atoms with van der Waals surface area (Å²) >= 11 is 0. The molecule has 0 aliphatic carbocycles. The van der Waals surface area contributed by atoms with E-state index in [1.807, 2.05) is 0 Å². The first-order valence-electron chi connectivity index (χ1n) is 3.53. The zero-order valence-electron chi connectivity index (χ0n) is 7.70. The molecule has 0 aliphatic heterocycles. The van der Waals surface area contributed by atoms with Crippen LogP contribution in [0.3, 0.4) is 0 Å². The molecular weight excluding hydrogens is 178 g/mol. The molecule has 0 fully saturated rings. The SMILES string of the molecule is CCOC(=O)C(=NOC)C(=O)OC. The zero-order valence-corrected chi connectivity index (χ0v) is 7.70. The Balaban J connectivity index is 4.52. The van der Waals surface area contributed by atoms with E-state index in [0.29, 0.717) is 0 Å². The normalized spacial score (nSPS) is 10.5. The summed E-state index contributed by atoms with van der Waals surface area (Å²) in [5, 5.41) is 3.18. The number of hydrogen-bond acceptors (Lipinski definition) is 6. The molecule has 13 heavy (non-hydrogen) atoms. The largest absolute Gasteiger partial charge is 0.464 e. The van der Waals surface area contributed by atoms with E-state index in [2.05, 4.69) is 19.5 Å². The van der Waals surface area contributed by atoms with Crippen molar-refractivity contribution in [3.05, 3.63) is 0 Å². The van der Waals surface area contributed by atoms with Gasteiger partial charge in [-0.1, -0.05) is 5.16 Å². The first-order valence-corrected chi connectivity index (χ1v) is 3.53. The van der Waals surface area contributed by atoms with Crippen LogP contribution in [-0.2, 0) is 23.9 Å². The van der Waals surface area contributed by atoms with Gasteiger partial charge in [-0.2, -0.15) is 0 Å². The van der Waals surface area contributed by atoms with Crippen molar-refractivity contribution in [1.29, 1.82) is 0 Å². The molecule has 0 aromatic rings. The lowest BCUT2D eigenvalue weighted by molar-refractivity contribution is -0.139. The summed E-state index contributed by atoms with van der Waals surface area (Å²) < 4.78 is 8.81. The van der Waals surface area contributed by atoms with Crippen LogP contribution in [0.1, 0.15) is 6.92 Å². The minimum atomic E-state index is -0.889. The number of carbonyl (C=O) groups is 2. The van der Waals surface area contributed by atoms with E-state index in [9.17, 15) is 9.59 Å². The molecule has 6 nitrogen and oxygen atoms in total. The van der Waals surface area contributed by atoms with Gasteiger partial charge in [0.15, 0.2) is 0 Å². The zero-order chi connectivity index (χ0) is 10.3. The third kappa shape index (κ3) is 3.55. The van der Waals surface area contributed by atoms with Gasteiger partial charge in [0, 0.05) is 0 Å². The Labute approximate surface area is 75.4 Å². The Hall–Kier alpha value is -1.59. The highest BCUT2D eigenvalue weighted by atomic mass is 16.6. The molecule has 0 unspecified atom stereocenters. The quantitative estimate of drug-likeness (QED) is 0.263. The van der Waals surface area contributed by atoms with Crippen LogP contribution in [0.15, 0.2) is 5.16 Å². The maximum absolute atomic E-state index is 11.0. The van der Waals surface area contributed by atoms with E-state index >= 15 is 0 Å². The molecule has 0 saturated heterocycles. The Morgan fingerprint density at radius 3 is 2.23 bits per heavy atom. The van der Waals surface area contributed by atoms with Crippen molar-refractivity contribution < 1.29 is 23.9 Å². The standard InChI is InChI=1S/C7H11NO5/c1-4-13-7(10)5(8-12-3)6(9)11-2/h4H2,1-3H3. The molecule has 0 spiro atoms. The molecule has 0 saturated carbocycles. The highest BCUT2D eigenvalue weighted by Gasteiger charge is 2.23. The van der Waals surface area contributed by atoms with Crippen LogP contribution in [0, 0.1) is 0 Å². The molecule has 0 aliphatic rings. The molecule has 0 atom stereocenters. The minimum Gasteiger partial charge on any atom is -0.464 e. The van der Waals surface area contributed by atoms with E-state index < -0.39 is 17.7 Å². The van der Waals surface area contributed by atoms with Gasteiger partial charge in [0.25, 0.3) is 5.71 Å². The van der Waals surface area contributed by atoms with Crippen LogP contribution < -0.4 is 0 Å². The molecule has 0 heterocycles. The van der Waals surface area contributed by atoms with E-state index in [0.717, 1.165) is 7.11 Å². The van der Waals surface area contributed by atoms with E-state index in [4.69, 9.17) is 0 Å². The van der Waals surface area contributed by atoms with Crippen molar-refractivity contribution in [2.45, 2.75) is 6.92 Å². The maximum Gasteiger partial charge on any atom is 0.368 e. The van der Waals surface area contributed by atoms with Gasteiger partial charge in [0.2, 0.25) is 0 Å². The summed E-state index contributed by atoms with van der Waals surface area (Å²) in [5.74, 6) is -1.75. The molecule has 0 aromatic carbocycles. The van der Waals surface area contributed by atoms with Crippen molar-refractivity contribution in [1.82, 2.24) is 0 Å². The van der Waals surface area contributed by atoms with Crippen molar-refractivity contribution in [2.24, 2.45) is 5.16 Å². The summed E-state index contributed by atoms with van der Waals surface area (Å²) in [7, 11) is 2.34. The molecule has 0 radical (unpaired) electrons. The van der Waals surface area contributed by atoms with Gasteiger partial charge in [0.05, 0.1) is 13.7 Å². The first-order chi connectivity index (χ1) is 6.17. The van der Waals surface area contributed by atoms with Gasteiger partial charge in [-0.05, 0) is 6.92 Å². The van der Waals surface area contributed by atoms with E-state index in [1.165, 1.54) is 7.11 Å². The van der Waals surface area contributed by atoms with Crippen LogP contribution in [0.2, 0.25) is 0 Å². The summed E-state index contributed by atoms with van der Waals surface area (Å²) in [6.07, 6.45) is 0. The third-order valence-electron chi connectivity index (χ3n) is 1.03. The minimum absolute atomic E-state index is 0.151. The van der Waals surface area contributed by atoms with Crippen molar-refractivity contribution in [3.63, 3.8) is 0 Å². The molecule has 6 heteroatoms. The Bertz CT molecular complexity index is 223. The second-order valence-electron chi connectivity index (χ2n) is 1.83. The van der Waals surface area contributed by atoms with Gasteiger partial charge < -0.3 is 14.3 Å². The number of ether oxygens (including phenoxy) is 2. The van der Waals surface area contributed by atoms with Crippen molar-refractivity contribution in [2.75, 3.05) is 20.8 Å². The Morgan fingerprint density at radius 1 is 1.23 bits per heavy atom.